The van der Waals surface area contributed by atoms with Gasteiger partial charge in [0.05, 0.1) is 38.4 Å². The topological polar surface area (TPSA) is 434 Å². The van der Waals surface area contributed by atoms with Gasteiger partial charge in [0.1, 0.15) is 49.2 Å². The summed E-state index contributed by atoms with van der Waals surface area (Å²) in [6, 6.07) is 8.83. The van der Waals surface area contributed by atoms with Crippen molar-refractivity contribution in [3.05, 3.63) is 116 Å². The van der Waals surface area contributed by atoms with Crippen molar-refractivity contribution in [3.8, 4) is 0 Å². The molecule has 0 radical (unpaired) electrons. The molecule has 28 nitrogen and oxygen atoms in total. The quantitative estimate of drug-likeness (QED) is 0.0140. The van der Waals surface area contributed by atoms with Crippen LogP contribution >= 0.6 is 23.5 Å². The normalized spacial score (nSPS) is 21.0. The van der Waals surface area contributed by atoms with Gasteiger partial charge in [-0.15, -0.1) is 0 Å². The van der Waals surface area contributed by atoms with Crippen LogP contribution in [0, 0.1) is 0 Å². The van der Waals surface area contributed by atoms with Crippen molar-refractivity contribution in [3.63, 3.8) is 0 Å². The summed E-state index contributed by atoms with van der Waals surface area (Å²) >= 11 is 0. The van der Waals surface area contributed by atoms with Crippen LogP contribution in [-0.2, 0) is 72.8 Å². The third-order valence-corrected chi connectivity index (χ3v) is 19.7. The fraction of sp³-hybridized carbons (Fsp3) is 0.400. The number of hydrogen-bond acceptors (Lipinski definition) is 21. The van der Waals surface area contributed by atoms with Crippen LogP contribution < -0.4 is 80.6 Å². The third kappa shape index (κ3) is 15.8. The van der Waals surface area contributed by atoms with Crippen LogP contribution in [0.4, 0.5) is 11.4 Å². The molecular formula is C45H54N5Na2O23P3S3. The Morgan fingerprint density at radius 2 is 1.51 bits per heavy atom. The minimum Gasteiger partial charge on any atom is -0.744 e. The smallest absolute Gasteiger partial charge is 0.744 e. The number of aromatic nitrogens is 2. The van der Waals surface area contributed by atoms with Gasteiger partial charge in [0.2, 0.25) is 5.69 Å². The van der Waals surface area contributed by atoms with Crippen molar-refractivity contribution in [1.29, 1.82) is 0 Å². The largest absolute Gasteiger partial charge is 1.00 e. The molecule has 1 saturated heterocycles. The molecule has 1 fully saturated rings. The fourth-order valence-corrected chi connectivity index (χ4v) is 14.7. The van der Waals surface area contributed by atoms with Gasteiger partial charge in [-0.2, -0.15) is 13.2 Å². The van der Waals surface area contributed by atoms with E-state index < -0.39 is 111 Å². The van der Waals surface area contributed by atoms with Gasteiger partial charge in [0, 0.05) is 72.0 Å². The maximum Gasteiger partial charge on any atom is 1.00 e. The van der Waals surface area contributed by atoms with Gasteiger partial charge in [0.15, 0.2) is 5.71 Å². The zero-order valence-electron chi connectivity index (χ0n) is 44.4. The summed E-state index contributed by atoms with van der Waals surface area (Å²) < 4.78 is 166. The number of phosphoric ester groups is 1. The number of benzene rings is 3. The van der Waals surface area contributed by atoms with Gasteiger partial charge in [-0.3, -0.25) is 18.9 Å². The molecule has 1 aromatic heterocycles. The molecule has 4 heterocycles. The van der Waals surface area contributed by atoms with Crippen molar-refractivity contribution < 1.29 is 159 Å². The number of allylic oxidation sites excluding steroid dienone is 4. The molecule has 3 aliphatic rings. The molecular weight excluding hydrogens is 1210 g/mol. The van der Waals surface area contributed by atoms with Gasteiger partial charge in [-0.05, 0) is 99.3 Å². The summed E-state index contributed by atoms with van der Waals surface area (Å²) in [6.45, 7) is 9.52. The van der Waals surface area contributed by atoms with Crippen molar-refractivity contribution in [1.82, 2.24) is 14.9 Å². The van der Waals surface area contributed by atoms with E-state index in [-0.39, 0.29) is 86.8 Å². The number of nitrogens with zero attached hydrogens (tertiary/aromatic N) is 3. The number of rotatable bonds is 22. The number of aromatic amines is 1. The molecule has 3 aromatic carbocycles. The maximum absolute atomic E-state index is 12.8. The van der Waals surface area contributed by atoms with Gasteiger partial charge in [0.25, 0.3) is 5.56 Å². The molecule has 36 heteroatoms. The predicted octanol–water partition coefficient (Wildman–Crippen LogP) is -2.53. The Kier molecular flexibility index (Phi) is 21.8. The van der Waals surface area contributed by atoms with Crippen LogP contribution in [0.3, 0.4) is 0 Å². The minimum atomic E-state index is -5.82. The Balaban J connectivity index is 0.00000602. The van der Waals surface area contributed by atoms with Crippen molar-refractivity contribution >= 4 is 87.8 Å². The van der Waals surface area contributed by atoms with E-state index in [2.05, 4.69) is 23.4 Å². The molecule has 0 spiro atoms. The molecule has 0 saturated carbocycles. The molecule has 0 aliphatic carbocycles. The van der Waals surface area contributed by atoms with E-state index in [1.807, 2.05) is 56.2 Å². The standard InChI is InChI=1S/C45H56N5O23P3S3.2Na/c1-6-48-33-15-13-28(77(61,62)63)22-32(33)44(2,3)38(48)11-10-12-39-45(4,5)41-31-21-29(78(64,65)66)23-37(79(67,68)69)30(31)14-16-34(41)49(39)20-9-7-8-18-46-19-17-27-25-50(43(53)47-42(27)52)40-24-35(51)36(71-40)26-70-75(57,58)73-76(59,60)72-74(54,55)56;;/h10-17,19,21-23,25,35-36,40,46,51H,6-9,18,20,24,26H2,1-5H3,(H7-,47,52,53,54,55,56,57,58,59,60,61,62,63,64,65,66,67,68,69);;/q;2*+1/p-2/b19-17+;;. The van der Waals surface area contributed by atoms with E-state index in [0.717, 1.165) is 22.5 Å². The number of nitrogens with one attached hydrogen (secondary N) is 2. The number of unbranched alkanes of at least 4 members (excludes halogenated alkanes) is 2. The number of likely N-dealkylation sites (N-methyl/N-ethyl adjacent to an activating group) is 1. The molecule has 5 unspecified atom stereocenters. The first-order valence-electron chi connectivity index (χ1n) is 23.7. The van der Waals surface area contributed by atoms with E-state index in [1.54, 1.807) is 18.2 Å². The van der Waals surface area contributed by atoms with Gasteiger partial charge in [-0.1, -0.05) is 19.9 Å². The number of phosphoric acid groups is 3. The zero-order valence-corrected chi connectivity index (χ0v) is 53.5. The van der Waals surface area contributed by atoms with Gasteiger partial charge in [-0.25, -0.2) is 43.7 Å². The number of ether oxygens (including phenoxy) is 1. The number of hydrogen-bond donors (Lipinski definition) is 7. The summed E-state index contributed by atoms with van der Waals surface area (Å²) in [5.74, 6) is 0. The summed E-state index contributed by atoms with van der Waals surface area (Å²) in [6.07, 6.45) is 6.49. The summed E-state index contributed by atoms with van der Waals surface area (Å²) in [5, 5.41) is 13.6. The van der Waals surface area contributed by atoms with Crippen LogP contribution in [0.1, 0.15) is 83.2 Å². The van der Waals surface area contributed by atoms with Crippen molar-refractivity contribution in [2.24, 2.45) is 0 Å². The third-order valence-electron chi connectivity index (χ3n) is 13.3. The van der Waals surface area contributed by atoms with Crippen LogP contribution in [0.15, 0.2) is 103 Å². The molecule has 5 atom stereocenters. The number of H-pyrrole nitrogens is 1. The van der Waals surface area contributed by atoms with E-state index in [1.165, 1.54) is 30.5 Å². The van der Waals surface area contributed by atoms with E-state index >= 15 is 0 Å². The molecule has 7 N–H and O–H groups in total. The molecule has 7 rings (SSSR count). The number of anilines is 1. The number of aliphatic hydroxyl groups is 1. The van der Waals surface area contributed by atoms with Crippen molar-refractivity contribution in [2.45, 2.75) is 104 Å². The second-order valence-electron chi connectivity index (χ2n) is 19.4. The monoisotopic (exact) mass is 1270 g/mol. The van der Waals surface area contributed by atoms with E-state index in [4.69, 9.17) is 14.5 Å². The first-order chi connectivity index (χ1) is 36.4. The molecule has 81 heavy (non-hydrogen) atoms. The second-order valence-corrected chi connectivity index (χ2v) is 27.9. The fourth-order valence-electron chi connectivity index (χ4n) is 9.86. The van der Waals surface area contributed by atoms with Crippen LogP contribution in [0.25, 0.3) is 16.8 Å². The molecule has 4 aromatic rings. The predicted molar refractivity (Wildman–Crippen MR) is 277 cm³/mol. The Morgan fingerprint density at radius 1 is 0.840 bits per heavy atom. The average Bonchev–Trinajstić information content (AvgIpc) is 3.88. The van der Waals surface area contributed by atoms with Crippen LogP contribution in [0.5, 0.6) is 0 Å². The summed E-state index contributed by atoms with van der Waals surface area (Å²) in [5.41, 5.74) is 0.115. The Morgan fingerprint density at radius 3 is 2.12 bits per heavy atom. The average molecular weight is 1270 g/mol. The summed E-state index contributed by atoms with van der Waals surface area (Å²) in [4.78, 5) is 64.1. The molecule has 432 valence electrons. The maximum atomic E-state index is 12.8. The molecule has 0 amide bonds. The number of aliphatic hydroxyl groups excluding tert-OH is 1. The minimum absolute atomic E-state index is 0. The zero-order chi connectivity index (χ0) is 58.6. The Bertz CT molecular complexity index is 3880. The molecule has 3 aliphatic heterocycles. The number of fused-ring (bicyclic) bond motifs is 4. The van der Waals surface area contributed by atoms with Crippen LogP contribution in [-0.4, -0.2) is 122 Å². The summed E-state index contributed by atoms with van der Waals surface area (Å²) in [7, 11) is -32.4. The van der Waals surface area contributed by atoms with Crippen LogP contribution in [0.2, 0.25) is 0 Å². The molecule has 0 bridgehead atoms. The second kappa shape index (κ2) is 25.6. The SMILES string of the molecule is CCN1/C(=C/C=C/C2=[N+](CCCCCN/C=C/c3cn(C4CC(O)C(COP(=O)(O)OP(=O)(O)OP(=O)(O)O)O4)c(=O)[nH]c3=O)c3ccc4c(S(=O)(=O)[O-])cc(S(=O)(=O)[O-])cc4c3C2(C)C)C(C)(C)c2cc(S(=O)(=O)[O-])ccc21.[Na+].[Na+]. The van der Waals surface area contributed by atoms with E-state index in [0.29, 0.717) is 73.2 Å². The van der Waals surface area contributed by atoms with Gasteiger partial charge >= 0.3 is 88.3 Å². The Hall–Kier alpha value is -2.85. The first kappa shape index (κ1) is 68.9. The van der Waals surface area contributed by atoms with Crippen molar-refractivity contribution in [2.75, 3.05) is 31.1 Å². The first-order valence-corrected chi connectivity index (χ1v) is 32.4. The van der Waals surface area contributed by atoms with E-state index in [9.17, 15) is 77.1 Å². The Labute approximate surface area is 508 Å². The van der Waals surface area contributed by atoms with Gasteiger partial charge < -0.3 is 53.3 Å².